The summed E-state index contributed by atoms with van der Waals surface area (Å²) >= 11 is 4.93. The normalized spacial score (nSPS) is 11.6. The summed E-state index contributed by atoms with van der Waals surface area (Å²) in [7, 11) is 0. The van der Waals surface area contributed by atoms with Crippen molar-refractivity contribution in [3.05, 3.63) is 24.0 Å². The van der Waals surface area contributed by atoms with E-state index in [4.69, 9.17) is 18.0 Å². The number of hydrogen-bond donors (Lipinski definition) is 3. The maximum Gasteiger partial charge on any atom is 0.242 e. The van der Waals surface area contributed by atoms with Crippen LogP contribution in [0.4, 0.5) is 5.69 Å². The van der Waals surface area contributed by atoms with Gasteiger partial charge in [-0.2, -0.15) is 0 Å². The topological polar surface area (TPSA) is 80.0 Å². The molecular weight excluding hydrogens is 236 g/mol. The Morgan fingerprint density at radius 2 is 2.35 bits per heavy atom. The number of carbonyl (C=O) groups is 1. The maximum absolute atomic E-state index is 11.6. The van der Waals surface area contributed by atoms with E-state index in [-0.39, 0.29) is 16.9 Å². The van der Waals surface area contributed by atoms with Crippen LogP contribution in [0.2, 0.25) is 0 Å². The lowest BCUT2D eigenvalue weighted by Crippen LogP contribution is -2.37. The van der Waals surface area contributed by atoms with E-state index in [1.807, 2.05) is 6.92 Å². The molecule has 0 saturated carbocycles. The van der Waals surface area contributed by atoms with E-state index in [0.717, 1.165) is 0 Å². The van der Waals surface area contributed by atoms with Gasteiger partial charge in [-0.05, 0) is 19.9 Å². The number of carbonyl (C=O) groups excluding carboxylic acids is 1. The summed E-state index contributed by atoms with van der Waals surface area (Å²) in [6.07, 6.45) is 3.21. The van der Waals surface area contributed by atoms with Gasteiger partial charge in [-0.15, -0.1) is 0 Å². The number of hydrogen-bond acceptors (Lipinski definition) is 4. The van der Waals surface area contributed by atoms with Gasteiger partial charge >= 0.3 is 0 Å². The molecule has 0 spiro atoms. The van der Waals surface area contributed by atoms with E-state index >= 15 is 0 Å². The summed E-state index contributed by atoms with van der Waals surface area (Å²) in [5.74, 6) is -0.0785. The van der Waals surface area contributed by atoms with Crippen molar-refractivity contribution < 1.29 is 4.79 Å². The fourth-order valence-electron chi connectivity index (χ4n) is 1.35. The number of likely N-dealkylation sites (N-methyl/N-ethyl adjacent to an activating group) is 1. The van der Waals surface area contributed by atoms with E-state index in [0.29, 0.717) is 17.8 Å². The molecule has 17 heavy (non-hydrogen) atoms. The second-order valence-corrected chi connectivity index (χ2v) is 3.99. The van der Waals surface area contributed by atoms with Gasteiger partial charge < -0.3 is 16.4 Å². The third kappa shape index (κ3) is 3.67. The molecule has 0 aromatic carbocycles. The average Bonchev–Trinajstić information content (AvgIpc) is 2.29. The molecule has 0 bridgehead atoms. The summed E-state index contributed by atoms with van der Waals surface area (Å²) in [5, 5.41) is 5.76. The highest BCUT2D eigenvalue weighted by Gasteiger charge is 2.13. The molecule has 4 N–H and O–H groups in total. The first-order valence-corrected chi connectivity index (χ1v) is 5.75. The lowest BCUT2D eigenvalue weighted by Gasteiger charge is -2.16. The number of thiocarbonyl (C=S) groups is 1. The van der Waals surface area contributed by atoms with Gasteiger partial charge in [-0.3, -0.25) is 9.78 Å². The molecule has 0 saturated heterocycles. The van der Waals surface area contributed by atoms with E-state index in [2.05, 4.69) is 15.6 Å². The minimum Gasteiger partial charge on any atom is -0.389 e. The predicted molar refractivity (Wildman–Crippen MR) is 71.9 cm³/mol. The summed E-state index contributed by atoms with van der Waals surface area (Å²) < 4.78 is 0. The van der Waals surface area contributed by atoms with E-state index in [9.17, 15) is 4.79 Å². The zero-order valence-corrected chi connectivity index (χ0v) is 10.7. The van der Waals surface area contributed by atoms with E-state index in [1.165, 1.54) is 0 Å². The first kappa shape index (κ1) is 13.4. The van der Waals surface area contributed by atoms with Crippen molar-refractivity contribution in [2.75, 3.05) is 11.9 Å². The molecule has 6 heteroatoms. The molecular formula is C11H16N4OS. The maximum atomic E-state index is 11.6. The number of anilines is 1. The molecule has 0 radical (unpaired) electrons. The Bertz CT molecular complexity index is 422. The van der Waals surface area contributed by atoms with Crippen molar-refractivity contribution in [2.24, 2.45) is 5.73 Å². The fourth-order valence-corrected chi connectivity index (χ4v) is 1.53. The summed E-state index contributed by atoms with van der Waals surface area (Å²) in [6.45, 7) is 4.23. The van der Waals surface area contributed by atoms with Crippen LogP contribution >= 0.6 is 12.2 Å². The highest BCUT2D eigenvalue weighted by atomic mass is 32.1. The van der Waals surface area contributed by atoms with E-state index < -0.39 is 0 Å². The second kappa shape index (κ2) is 6.15. The van der Waals surface area contributed by atoms with Crippen LogP contribution in [0.25, 0.3) is 0 Å². The SMILES string of the molecule is CCNC(=O)C(C)Nc1cnccc1C(N)=S. The van der Waals surface area contributed by atoms with Crippen LogP contribution in [0.15, 0.2) is 18.5 Å². The molecule has 1 aromatic rings. The monoisotopic (exact) mass is 252 g/mol. The third-order valence-electron chi connectivity index (χ3n) is 2.20. The van der Waals surface area contributed by atoms with Crippen molar-refractivity contribution in [2.45, 2.75) is 19.9 Å². The van der Waals surface area contributed by atoms with Crippen LogP contribution in [-0.4, -0.2) is 28.5 Å². The Morgan fingerprint density at radius 3 is 2.94 bits per heavy atom. The van der Waals surface area contributed by atoms with Gasteiger partial charge in [0.2, 0.25) is 5.91 Å². The first-order valence-electron chi connectivity index (χ1n) is 5.34. The fraction of sp³-hybridized carbons (Fsp3) is 0.364. The Morgan fingerprint density at radius 1 is 1.65 bits per heavy atom. The Hall–Kier alpha value is -1.69. The summed E-state index contributed by atoms with van der Waals surface area (Å²) in [4.78, 5) is 15.8. The van der Waals surface area contributed by atoms with Crippen LogP contribution in [0.1, 0.15) is 19.4 Å². The van der Waals surface area contributed by atoms with Crippen LogP contribution in [0.3, 0.4) is 0 Å². The number of aromatic nitrogens is 1. The van der Waals surface area contributed by atoms with Gasteiger partial charge in [-0.1, -0.05) is 12.2 Å². The van der Waals surface area contributed by atoms with Crippen LogP contribution < -0.4 is 16.4 Å². The van der Waals surface area contributed by atoms with Gasteiger partial charge in [0.05, 0.1) is 11.9 Å². The predicted octanol–water partition coefficient (Wildman–Crippen LogP) is 0.652. The zero-order chi connectivity index (χ0) is 12.8. The number of nitrogens with two attached hydrogens (primary N) is 1. The first-order chi connectivity index (χ1) is 8.06. The summed E-state index contributed by atoms with van der Waals surface area (Å²) in [6, 6.07) is 1.35. The van der Waals surface area contributed by atoms with Gasteiger partial charge in [0, 0.05) is 18.3 Å². The minimum atomic E-state index is -0.368. The van der Waals surface area contributed by atoms with Crippen molar-refractivity contribution in [3.63, 3.8) is 0 Å². The molecule has 0 aliphatic rings. The molecule has 92 valence electrons. The third-order valence-corrected chi connectivity index (χ3v) is 2.42. The van der Waals surface area contributed by atoms with Gasteiger partial charge in [0.15, 0.2) is 0 Å². The van der Waals surface area contributed by atoms with Gasteiger partial charge in [-0.25, -0.2) is 0 Å². The van der Waals surface area contributed by atoms with Crippen LogP contribution in [0.5, 0.6) is 0 Å². The standard InChI is InChI=1S/C11H16N4OS/c1-3-14-11(16)7(2)15-9-6-13-5-4-8(9)10(12)17/h4-7,15H,3H2,1-2H3,(H2,12,17)(H,14,16). The molecule has 1 atom stereocenters. The molecule has 1 aromatic heterocycles. The Kier molecular flexibility index (Phi) is 4.84. The van der Waals surface area contributed by atoms with Crippen molar-refractivity contribution in [1.29, 1.82) is 0 Å². The van der Waals surface area contributed by atoms with Crippen molar-refractivity contribution >= 4 is 28.8 Å². The smallest absolute Gasteiger partial charge is 0.242 e. The number of pyridine rings is 1. The van der Waals surface area contributed by atoms with E-state index in [1.54, 1.807) is 25.4 Å². The average molecular weight is 252 g/mol. The number of rotatable bonds is 5. The molecule has 5 nitrogen and oxygen atoms in total. The van der Waals surface area contributed by atoms with Gasteiger partial charge in [0.1, 0.15) is 11.0 Å². The molecule has 0 aliphatic carbocycles. The highest BCUT2D eigenvalue weighted by Crippen LogP contribution is 2.14. The zero-order valence-electron chi connectivity index (χ0n) is 9.86. The highest BCUT2D eigenvalue weighted by molar-refractivity contribution is 7.80. The summed E-state index contributed by atoms with van der Waals surface area (Å²) in [5.41, 5.74) is 6.94. The Labute approximate surface area is 106 Å². The Balaban J connectivity index is 2.81. The van der Waals surface area contributed by atoms with Crippen LogP contribution in [0, 0.1) is 0 Å². The lowest BCUT2D eigenvalue weighted by molar-refractivity contribution is -0.121. The van der Waals surface area contributed by atoms with Crippen molar-refractivity contribution in [1.82, 2.24) is 10.3 Å². The molecule has 1 heterocycles. The van der Waals surface area contributed by atoms with Crippen molar-refractivity contribution in [3.8, 4) is 0 Å². The number of nitrogens with zero attached hydrogens (tertiary/aromatic N) is 1. The number of nitrogens with one attached hydrogen (secondary N) is 2. The molecule has 1 rings (SSSR count). The largest absolute Gasteiger partial charge is 0.389 e. The lowest BCUT2D eigenvalue weighted by atomic mass is 10.2. The molecule has 0 fully saturated rings. The number of amides is 1. The minimum absolute atomic E-state index is 0.0785. The molecule has 1 amide bonds. The molecule has 0 aliphatic heterocycles. The quantitative estimate of drug-likeness (QED) is 0.671. The van der Waals surface area contributed by atoms with Crippen LogP contribution in [-0.2, 0) is 4.79 Å². The van der Waals surface area contributed by atoms with Gasteiger partial charge in [0.25, 0.3) is 0 Å². The second-order valence-electron chi connectivity index (χ2n) is 3.55. The molecule has 1 unspecified atom stereocenters.